The van der Waals surface area contributed by atoms with E-state index in [2.05, 4.69) is 43.5 Å². The van der Waals surface area contributed by atoms with Crippen LogP contribution in [0.2, 0.25) is 0 Å². The predicted octanol–water partition coefficient (Wildman–Crippen LogP) is 18.8. The Morgan fingerprint density at radius 2 is 0.735 bits per heavy atom. The van der Waals surface area contributed by atoms with E-state index in [-0.39, 0.29) is 18.5 Å². The van der Waals surface area contributed by atoms with E-state index < -0.39 is 12.1 Å². The summed E-state index contributed by atoms with van der Waals surface area (Å²) in [5.74, 6) is -0.0654. The van der Waals surface area contributed by atoms with Crippen molar-refractivity contribution in [1.82, 2.24) is 5.32 Å². The van der Waals surface area contributed by atoms with Crippen LogP contribution in [0.25, 0.3) is 0 Å². The fourth-order valence-electron chi connectivity index (χ4n) is 9.25. The van der Waals surface area contributed by atoms with E-state index in [4.69, 9.17) is 4.74 Å². The third-order valence-electron chi connectivity index (χ3n) is 13.9. The maximum Gasteiger partial charge on any atom is 0.305 e. The first kappa shape index (κ1) is 66.1. The molecule has 0 aliphatic heterocycles. The first-order valence-corrected chi connectivity index (χ1v) is 30.3. The van der Waals surface area contributed by atoms with Crippen LogP contribution in [0, 0.1) is 0 Å². The zero-order chi connectivity index (χ0) is 49.3. The SMILES string of the molecule is CCCCC/C=C\C/C=C\CCCCCCCCCC(=O)OCCCCCCCCCCCCCCCCCCCCCCCC(=O)NC(CO)C(O)/C=C/CCCCCCCCCCCCC. The van der Waals surface area contributed by atoms with Crippen molar-refractivity contribution in [3.8, 4) is 0 Å². The number of unbranched alkanes of at least 4 members (excludes halogenated alkanes) is 41. The molecule has 400 valence electrons. The number of amides is 1. The van der Waals surface area contributed by atoms with Crippen LogP contribution in [0.3, 0.4) is 0 Å². The first-order chi connectivity index (χ1) is 33.5. The van der Waals surface area contributed by atoms with Crippen LogP contribution in [-0.4, -0.2) is 47.4 Å². The van der Waals surface area contributed by atoms with Gasteiger partial charge in [0.15, 0.2) is 0 Å². The predicted molar refractivity (Wildman–Crippen MR) is 296 cm³/mol. The number of carbonyl (C=O) groups is 2. The fourth-order valence-corrected chi connectivity index (χ4v) is 9.25. The van der Waals surface area contributed by atoms with Crippen LogP contribution in [0.1, 0.15) is 322 Å². The number of nitrogens with one attached hydrogen (secondary N) is 1. The molecule has 0 bridgehead atoms. The number of ether oxygens (including phenoxy) is 1. The summed E-state index contributed by atoms with van der Waals surface area (Å²) in [5, 5.41) is 23.1. The molecule has 0 aromatic rings. The lowest BCUT2D eigenvalue weighted by Gasteiger charge is -2.20. The smallest absolute Gasteiger partial charge is 0.305 e. The van der Waals surface area contributed by atoms with Gasteiger partial charge in [-0.05, 0) is 64.2 Å². The minimum Gasteiger partial charge on any atom is -0.466 e. The second-order valence-corrected chi connectivity index (χ2v) is 20.7. The summed E-state index contributed by atoms with van der Waals surface area (Å²) in [6, 6.07) is -0.628. The zero-order valence-corrected chi connectivity index (χ0v) is 45.6. The summed E-state index contributed by atoms with van der Waals surface area (Å²) in [5.41, 5.74) is 0. The average molecular weight is 957 g/mol. The van der Waals surface area contributed by atoms with Crippen molar-refractivity contribution >= 4 is 11.9 Å². The Morgan fingerprint density at radius 1 is 0.412 bits per heavy atom. The molecular formula is C62H117NO5. The normalized spacial score (nSPS) is 12.8. The maximum atomic E-state index is 12.4. The number of esters is 1. The Bertz CT molecular complexity index is 1100. The van der Waals surface area contributed by atoms with Gasteiger partial charge in [-0.25, -0.2) is 0 Å². The Hall–Kier alpha value is -1.92. The molecule has 0 aliphatic carbocycles. The number of allylic oxidation sites excluding steroid dienone is 5. The van der Waals surface area contributed by atoms with Gasteiger partial charge in [0.05, 0.1) is 25.4 Å². The Balaban J connectivity index is 3.39. The maximum absolute atomic E-state index is 12.4. The summed E-state index contributed by atoms with van der Waals surface area (Å²) in [7, 11) is 0. The van der Waals surface area contributed by atoms with E-state index in [1.807, 2.05) is 6.08 Å². The van der Waals surface area contributed by atoms with Gasteiger partial charge in [-0.1, -0.05) is 281 Å². The molecule has 6 nitrogen and oxygen atoms in total. The summed E-state index contributed by atoms with van der Waals surface area (Å²) >= 11 is 0. The van der Waals surface area contributed by atoms with Crippen molar-refractivity contribution < 1.29 is 24.5 Å². The highest BCUT2D eigenvalue weighted by molar-refractivity contribution is 5.76. The number of hydrogen-bond acceptors (Lipinski definition) is 5. The zero-order valence-electron chi connectivity index (χ0n) is 45.6. The molecule has 6 heteroatoms. The third kappa shape index (κ3) is 53.4. The van der Waals surface area contributed by atoms with Gasteiger partial charge in [0, 0.05) is 12.8 Å². The Morgan fingerprint density at radius 3 is 1.15 bits per heavy atom. The van der Waals surface area contributed by atoms with Gasteiger partial charge in [-0.15, -0.1) is 0 Å². The molecule has 0 radical (unpaired) electrons. The second-order valence-electron chi connectivity index (χ2n) is 20.7. The molecule has 0 aromatic heterocycles. The number of aliphatic hydroxyl groups excluding tert-OH is 2. The van der Waals surface area contributed by atoms with E-state index in [0.29, 0.717) is 19.4 Å². The van der Waals surface area contributed by atoms with Gasteiger partial charge in [-0.2, -0.15) is 0 Å². The average Bonchev–Trinajstić information content (AvgIpc) is 3.34. The molecule has 2 unspecified atom stereocenters. The molecule has 0 saturated heterocycles. The first-order valence-electron chi connectivity index (χ1n) is 30.3. The standard InChI is InChI=1S/C62H117NO5/c1-3-5-7-9-11-13-15-17-18-24-28-32-36-40-44-48-52-56-62(67)68-57-53-49-45-41-37-33-29-26-23-21-19-20-22-25-27-31-35-39-43-47-51-55-61(66)63-59(58-64)60(65)54-50-46-42-38-34-30-16-14-12-10-8-6-4-2/h11,13,17-18,50,54,59-60,64-65H,3-10,12,14-16,19-49,51-53,55-58H2,1-2H3,(H,63,66)/b13-11-,18-17-,54-50+. The van der Waals surface area contributed by atoms with E-state index in [9.17, 15) is 19.8 Å². The van der Waals surface area contributed by atoms with E-state index in [0.717, 1.165) is 51.4 Å². The minimum atomic E-state index is -0.844. The minimum absolute atomic E-state index is 0.00352. The summed E-state index contributed by atoms with van der Waals surface area (Å²) < 4.78 is 5.49. The molecule has 0 rings (SSSR count). The highest BCUT2D eigenvalue weighted by atomic mass is 16.5. The van der Waals surface area contributed by atoms with Gasteiger partial charge in [-0.3, -0.25) is 9.59 Å². The van der Waals surface area contributed by atoms with Crippen molar-refractivity contribution in [2.45, 2.75) is 334 Å². The largest absolute Gasteiger partial charge is 0.466 e. The third-order valence-corrected chi connectivity index (χ3v) is 13.9. The molecule has 2 atom stereocenters. The molecule has 0 fully saturated rings. The van der Waals surface area contributed by atoms with Crippen LogP contribution in [0.15, 0.2) is 36.5 Å². The summed E-state index contributed by atoms with van der Waals surface area (Å²) in [4.78, 5) is 24.5. The molecule has 68 heavy (non-hydrogen) atoms. The van der Waals surface area contributed by atoms with Gasteiger partial charge in [0.2, 0.25) is 5.91 Å². The molecule has 3 N–H and O–H groups in total. The molecule has 0 heterocycles. The van der Waals surface area contributed by atoms with Crippen LogP contribution < -0.4 is 5.32 Å². The molecule has 1 amide bonds. The van der Waals surface area contributed by atoms with Crippen molar-refractivity contribution in [2.75, 3.05) is 13.2 Å². The summed E-state index contributed by atoms with van der Waals surface area (Å²) in [6.07, 6.45) is 71.7. The van der Waals surface area contributed by atoms with Crippen molar-refractivity contribution in [3.63, 3.8) is 0 Å². The fraction of sp³-hybridized carbons (Fsp3) is 0.871. The number of carbonyl (C=O) groups excluding carboxylic acids is 2. The Labute approximate surface area is 424 Å². The number of rotatable bonds is 56. The highest BCUT2D eigenvalue weighted by Gasteiger charge is 2.18. The van der Waals surface area contributed by atoms with Crippen LogP contribution in [0.5, 0.6) is 0 Å². The van der Waals surface area contributed by atoms with Gasteiger partial charge >= 0.3 is 5.97 Å². The Kier molecular flexibility index (Phi) is 56.0. The van der Waals surface area contributed by atoms with Crippen LogP contribution in [-0.2, 0) is 14.3 Å². The quantitative estimate of drug-likeness (QED) is 0.0321. The molecule has 0 spiro atoms. The van der Waals surface area contributed by atoms with Gasteiger partial charge in [0.25, 0.3) is 0 Å². The number of aliphatic hydroxyl groups is 2. The molecule has 0 saturated carbocycles. The lowest BCUT2D eigenvalue weighted by molar-refractivity contribution is -0.143. The molecule has 0 aliphatic rings. The van der Waals surface area contributed by atoms with Crippen molar-refractivity contribution in [3.05, 3.63) is 36.5 Å². The van der Waals surface area contributed by atoms with Crippen LogP contribution >= 0.6 is 0 Å². The van der Waals surface area contributed by atoms with Crippen LogP contribution in [0.4, 0.5) is 0 Å². The van der Waals surface area contributed by atoms with Gasteiger partial charge in [0.1, 0.15) is 0 Å². The molecule has 0 aromatic carbocycles. The van der Waals surface area contributed by atoms with Crippen molar-refractivity contribution in [2.24, 2.45) is 0 Å². The molecular weight excluding hydrogens is 839 g/mol. The lowest BCUT2D eigenvalue weighted by Crippen LogP contribution is -2.45. The highest BCUT2D eigenvalue weighted by Crippen LogP contribution is 2.17. The van der Waals surface area contributed by atoms with E-state index in [1.165, 1.54) is 244 Å². The topological polar surface area (TPSA) is 95.9 Å². The lowest BCUT2D eigenvalue weighted by atomic mass is 10.0. The summed E-state index contributed by atoms with van der Waals surface area (Å²) in [6.45, 7) is 4.88. The van der Waals surface area contributed by atoms with E-state index >= 15 is 0 Å². The monoisotopic (exact) mass is 956 g/mol. The van der Waals surface area contributed by atoms with E-state index in [1.54, 1.807) is 6.08 Å². The second kappa shape index (κ2) is 57.7. The number of hydrogen-bond donors (Lipinski definition) is 3. The van der Waals surface area contributed by atoms with Crippen molar-refractivity contribution in [1.29, 1.82) is 0 Å². The van der Waals surface area contributed by atoms with Gasteiger partial charge < -0.3 is 20.3 Å².